The van der Waals surface area contributed by atoms with Gasteiger partial charge in [-0.25, -0.2) is 4.98 Å². The van der Waals surface area contributed by atoms with Crippen molar-refractivity contribution in [2.24, 2.45) is 0 Å². The van der Waals surface area contributed by atoms with Gasteiger partial charge in [-0.05, 0) is 29.8 Å². The highest BCUT2D eigenvalue weighted by atomic mass is 32.2. The molecule has 5 nitrogen and oxygen atoms in total. The summed E-state index contributed by atoms with van der Waals surface area (Å²) in [5, 5.41) is 7.90. The van der Waals surface area contributed by atoms with Gasteiger partial charge in [0, 0.05) is 22.1 Å². The third kappa shape index (κ3) is 5.85. The predicted octanol–water partition coefficient (Wildman–Crippen LogP) is 5.98. The van der Waals surface area contributed by atoms with Gasteiger partial charge in [0.15, 0.2) is 5.13 Å². The second-order valence-corrected chi connectivity index (χ2v) is 10.1. The normalized spacial score (nSPS) is 11.7. The number of amides is 2. The topological polar surface area (TPSA) is 71.1 Å². The fraction of sp³-hybridized carbons (Fsp3) is 0.125. The van der Waals surface area contributed by atoms with Crippen LogP contribution in [0.2, 0.25) is 0 Å². The van der Waals surface area contributed by atoms with E-state index in [1.807, 2.05) is 78.2 Å². The number of carbonyl (C=O) groups excluding carboxylic acids is 2. The number of carbonyl (C=O) groups is 2. The average molecular weight is 480 g/mol. The summed E-state index contributed by atoms with van der Waals surface area (Å²) in [6, 6.07) is 23.6. The SMILES string of the molecule is CC(=O)NCc1ccc(-c2csc(NC(=O)C(Sc3ccccc3)c3ccccc3)n2)s1. The van der Waals surface area contributed by atoms with Crippen LogP contribution in [0.5, 0.6) is 0 Å². The van der Waals surface area contributed by atoms with E-state index in [1.54, 1.807) is 11.3 Å². The van der Waals surface area contributed by atoms with Crippen molar-refractivity contribution in [3.8, 4) is 10.6 Å². The molecule has 2 amide bonds. The van der Waals surface area contributed by atoms with Gasteiger partial charge in [0.05, 0.1) is 17.1 Å². The largest absolute Gasteiger partial charge is 0.351 e. The molecule has 4 aromatic rings. The third-order valence-electron chi connectivity index (χ3n) is 4.50. The van der Waals surface area contributed by atoms with Gasteiger partial charge >= 0.3 is 0 Å². The van der Waals surface area contributed by atoms with E-state index in [0.717, 1.165) is 25.9 Å². The van der Waals surface area contributed by atoms with E-state index in [-0.39, 0.29) is 11.8 Å². The van der Waals surface area contributed by atoms with Gasteiger partial charge < -0.3 is 10.6 Å². The number of anilines is 1. The van der Waals surface area contributed by atoms with Crippen molar-refractivity contribution in [3.05, 3.63) is 88.6 Å². The molecule has 0 radical (unpaired) electrons. The molecule has 1 atom stereocenters. The number of thiophene rings is 1. The number of benzene rings is 2. The van der Waals surface area contributed by atoms with E-state index >= 15 is 0 Å². The van der Waals surface area contributed by atoms with Crippen LogP contribution >= 0.6 is 34.4 Å². The number of nitrogens with one attached hydrogen (secondary N) is 2. The molecule has 162 valence electrons. The summed E-state index contributed by atoms with van der Waals surface area (Å²) < 4.78 is 0. The number of aromatic nitrogens is 1. The lowest BCUT2D eigenvalue weighted by molar-refractivity contribution is -0.119. The van der Waals surface area contributed by atoms with Crippen molar-refractivity contribution in [2.45, 2.75) is 23.6 Å². The molecule has 0 fully saturated rings. The van der Waals surface area contributed by atoms with Crippen LogP contribution in [0, 0.1) is 0 Å². The van der Waals surface area contributed by atoms with Crippen LogP contribution in [0.3, 0.4) is 0 Å². The van der Waals surface area contributed by atoms with Crippen LogP contribution in [-0.2, 0) is 16.1 Å². The van der Waals surface area contributed by atoms with Gasteiger partial charge in [0.25, 0.3) is 0 Å². The fourth-order valence-corrected chi connectivity index (χ4v) is 5.72. The van der Waals surface area contributed by atoms with E-state index in [1.165, 1.54) is 30.0 Å². The Labute approximate surface area is 198 Å². The average Bonchev–Trinajstić information content (AvgIpc) is 3.47. The molecule has 2 heterocycles. The van der Waals surface area contributed by atoms with Gasteiger partial charge in [-0.3, -0.25) is 9.59 Å². The Balaban J connectivity index is 1.48. The van der Waals surface area contributed by atoms with Gasteiger partial charge in [-0.1, -0.05) is 48.5 Å². The molecule has 2 aromatic heterocycles. The smallest absolute Gasteiger partial charge is 0.244 e. The van der Waals surface area contributed by atoms with Crippen molar-refractivity contribution in [1.29, 1.82) is 0 Å². The molecule has 0 bridgehead atoms. The Morgan fingerprint density at radius 3 is 2.44 bits per heavy atom. The third-order valence-corrected chi connectivity index (χ3v) is 7.63. The first-order chi connectivity index (χ1) is 15.6. The molecule has 32 heavy (non-hydrogen) atoms. The maximum atomic E-state index is 13.2. The van der Waals surface area contributed by atoms with Gasteiger partial charge in [-0.2, -0.15) is 0 Å². The lowest BCUT2D eigenvalue weighted by atomic mass is 10.1. The Kier molecular flexibility index (Phi) is 7.36. The maximum absolute atomic E-state index is 13.2. The lowest BCUT2D eigenvalue weighted by Gasteiger charge is -2.16. The summed E-state index contributed by atoms with van der Waals surface area (Å²) in [5.41, 5.74) is 1.76. The van der Waals surface area contributed by atoms with Crippen molar-refractivity contribution in [2.75, 3.05) is 5.32 Å². The number of rotatable bonds is 8. The molecule has 0 aliphatic carbocycles. The lowest BCUT2D eigenvalue weighted by Crippen LogP contribution is -2.18. The first-order valence-corrected chi connectivity index (χ1v) is 12.5. The minimum absolute atomic E-state index is 0.0556. The molecule has 2 aromatic carbocycles. The number of hydrogen-bond donors (Lipinski definition) is 2. The standard InChI is InChI=1S/C24H21N3O2S3/c1-16(28)25-14-19-12-13-21(31-19)20-15-30-24(26-20)27-23(29)22(17-8-4-2-5-9-17)32-18-10-6-3-7-11-18/h2-13,15,22H,14H2,1H3,(H,25,28)(H,26,27,29). The number of nitrogens with zero attached hydrogens (tertiary/aromatic N) is 1. The van der Waals surface area contributed by atoms with Gasteiger partial charge in [0.2, 0.25) is 11.8 Å². The van der Waals surface area contributed by atoms with Gasteiger partial charge in [-0.15, -0.1) is 34.4 Å². The van der Waals surface area contributed by atoms with Crippen LogP contribution in [0.15, 0.2) is 83.1 Å². The second-order valence-electron chi connectivity index (χ2n) is 6.92. The summed E-state index contributed by atoms with van der Waals surface area (Å²) in [7, 11) is 0. The predicted molar refractivity (Wildman–Crippen MR) is 133 cm³/mol. The van der Waals surface area contributed by atoms with E-state index in [2.05, 4.69) is 15.6 Å². The number of thiazole rings is 1. The van der Waals surface area contributed by atoms with Crippen LogP contribution < -0.4 is 10.6 Å². The zero-order chi connectivity index (χ0) is 22.3. The molecule has 8 heteroatoms. The fourth-order valence-electron chi connectivity index (χ4n) is 2.97. The zero-order valence-corrected chi connectivity index (χ0v) is 19.7. The molecule has 0 saturated heterocycles. The zero-order valence-electron chi connectivity index (χ0n) is 17.3. The van der Waals surface area contributed by atoms with E-state index < -0.39 is 5.25 Å². The van der Waals surface area contributed by atoms with Crippen LogP contribution in [0.1, 0.15) is 22.6 Å². The molecule has 4 rings (SSSR count). The molecule has 1 unspecified atom stereocenters. The highest BCUT2D eigenvalue weighted by molar-refractivity contribution is 8.00. The summed E-state index contributed by atoms with van der Waals surface area (Å²) in [6.45, 7) is 2.01. The Morgan fingerprint density at radius 2 is 1.72 bits per heavy atom. The summed E-state index contributed by atoms with van der Waals surface area (Å²) >= 11 is 4.50. The first kappa shape index (κ1) is 22.3. The number of thioether (sulfide) groups is 1. The molecule has 0 aliphatic heterocycles. The van der Waals surface area contributed by atoms with Crippen LogP contribution in [-0.4, -0.2) is 16.8 Å². The highest BCUT2D eigenvalue weighted by Gasteiger charge is 2.23. The maximum Gasteiger partial charge on any atom is 0.244 e. The Morgan fingerprint density at radius 1 is 1.00 bits per heavy atom. The summed E-state index contributed by atoms with van der Waals surface area (Å²) in [4.78, 5) is 32.0. The van der Waals surface area contributed by atoms with E-state index in [0.29, 0.717) is 11.7 Å². The first-order valence-electron chi connectivity index (χ1n) is 9.95. The molecule has 0 aliphatic rings. The molecule has 0 spiro atoms. The number of hydrogen-bond acceptors (Lipinski definition) is 6. The summed E-state index contributed by atoms with van der Waals surface area (Å²) in [6.07, 6.45) is 0. The minimum Gasteiger partial charge on any atom is -0.351 e. The van der Waals surface area contributed by atoms with E-state index in [9.17, 15) is 9.59 Å². The molecular formula is C24H21N3O2S3. The van der Waals surface area contributed by atoms with Gasteiger partial charge in [0.1, 0.15) is 5.25 Å². The second kappa shape index (κ2) is 10.6. The van der Waals surface area contributed by atoms with E-state index in [4.69, 9.17) is 0 Å². The van der Waals surface area contributed by atoms with Crippen molar-refractivity contribution < 1.29 is 9.59 Å². The van der Waals surface area contributed by atoms with Crippen LogP contribution in [0.4, 0.5) is 5.13 Å². The Hall–Kier alpha value is -2.94. The quantitative estimate of drug-likeness (QED) is 0.305. The van der Waals surface area contributed by atoms with Crippen LogP contribution in [0.25, 0.3) is 10.6 Å². The summed E-state index contributed by atoms with van der Waals surface area (Å²) in [5.74, 6) is -0.163. The highest BCUT2D eigenvalue weighted by Crippen LogP contribution is 2.37. The van der Waals surface area contributed by atoms with Crippen molar-refractivity contribution in [1.82, 2.24) is 10.3 Å². The Bertz CT molecular complexity index is 1190. The monoisotopic (exact) mass is 479 g/mol. The molecule has 2 N–H and O–H groups in total. The molecular weight excluding hydrogens is 458 g/mol. The van der Waals surface area contributed by atoms with Crippen molar-refractivity contribution >= 4 is 51.4 Å². The van der Waals surface area contributed by atoms with Crippen molar-refractivity contribution in [3.63, 3.8) is 0 Å². The minimum atomic E-state index is -0.392. The molecule has 0 saturated carbocycles.